The molecule has 0 atom stereocenters. The lowest BCUT2D eigenvalue weighted by molar-refractivity contribution is 1.19. The van der Waals surface area contributed by atoms with Gasteiger partial charge in [-0.2, -0.15) is 0 Å². The molecule has 0 aliphatic heterocycles. The van der Waals surface area contributed by atoms with Crippen LogP contribution in [0.3, 0.4) is 0 Å². The zero-order valence-corrected chi connectivity index (χ0v) is 13.6. The summed E-state index contributed by atoms with van der Waals surface area (Å²) < 4.78 is 2.16. The molecule has 2 heterocycles. The number of benzene rings is 1. The highest BCUT2D eigenvalue weighted by molar-refractivity contribution is 9.13. The Morgan fingerprint density at radius 1 is 1.16 bits per heavy atom. The van der Waals surface area contributed by atoms with Gasteiger partial charge in [0.25, 0.3) is 0 Å². The minimum absolute atomic E-state index is 0.182. The fraction of sp³-hybridized carbons (Fsp3) is 0.0833. The van der Waals surface area contributed by atoms with Crippen LogP contribution in [-0.4, -0.2) is 9.97 Å². The molecule has 0 saturated heterocycles. The highest BCUT2D eigenvalue weighted by Crippen LogP contribution is 2.32. The van der Waals surface area contributed by atoms with E-state index in [9.17, 15) is 4.79 Å². The Morgan fingerprint density at radius 3 is 2.68 bits per heavy atom. The van der Waals surface area contributed by atoms with Gasteiger partial charge in [-0.3, -0.25) is 0 Å². The fourth-order valence-corrected chi connectivity index (χ4v) is 3.93. The largest absolute Gasteiger partial charge is 0.380 e. The molecule has 0 aliphatic carbocycles. The highest BCUT2D eigenvalue weighted by Gasteiger charge is 2.04. The van der Waals surface area contributed by atoms with E-state index in [0.29, 0.717) is 0 Å². The number of halogens is 2. The number of hydrogen-bond donors (Lipinski definition) is 3. The molecule has 3 rings (SSSR count). The van der Waals surface area contributed by atoms with Crippen molar-refractivity contribution in [3.05, 3.63) is 47.9 Å². The molecule has 0 radical (unpaired) electrons. The first-order chi connectivity index (χ1) is 9.11. The van der Waals surface area contributed by atoms with Crippen molar-refractivity contribution in [3.63, 3.8) is 0 Å². The average Bonchev–Trinajstić information content (AvgIpc) is 2.88. The highest BCUT2D eigenvalue weighted by atomic mass is 79.9. The normalized spacial score (nSPS) is 11.1. The Bertz CT molecular complexity index is 770. The molecule has 2 aromatic heterocycles. The van der Waals surface area contributed by atoms with E-state index in [0.717, 1.165) is 31.5 Å². The van der Waals surface area contributed by atoms with E-state index < -0.39 is 0 Å². The Kier molecular flexibility index (Phi) is 3.51. The number of fused-ring (bicyclic) bond motifs is 1. The number of nitrogens with one attached hydrogen (secondary N) is 3. The summed E-state index contributed by atoms with van der Waals surface area (Å²) in [5.41, 5.74) is 2.42. The van der Waals surface area contributed by atoms with Crippen molar-refractivity contribution in [1.82, 2.24) is 9.97 Å². The first-order valence-corrected chi connectivity index (χ1v) is 7.92. The van der Waals surface area contributed by atoms with Crippen LogP contribution in [0.5, 0.6) is 0 Å². The summed E-state index contributed by atoms with van der Waals surface area (Å²) in [7, 11) is 0. The first-order valence-electron chi connectivity index (χ1n) is 5.51. The predicted octanol–water partition coefficient (Wildman–Crippen LogP) is 4.05. The van der Waals surface area contributed by atoms with Crippen molar-refractivity contribution in [2.24, 2.45) is 0 Å². The van der Waals surface area contributed by atoms with Crippen LogP contribution in [0.2, 0.25) is 0 Å². The Labute approximate surface area is 129 Å². The molecule has 0 aliphatic rings. The van der Waals surface area contributed by atoms with Crippen molar-refractivity contribution in [3.8, 4) is 0 Å². The number of aromatic nitrogens is 2. The molecule has 98 valence electrons. The monoisotopic (exact) mass is 401 g/mol. The van der Waals surface area contributed by atoms with E-state index in [4.69, 9.17) is 0 Å². The third-order valence-electron chi connectivity index (χ3n) is 2.68. The number of aromatic amines is 2. The van der Waals surface area contributed by atoms with Gasteiger partial charge in [0.05, 0.1) is 14.8 Å². The summed E-state index contributed by atoms with van der Waals surface area (Å²) >= 11 is 8.63. The number of H-pyrrole nitrogens is 2. The second-order valence-corrected chi connectivity index (χ2v) is 7.34. The van der Waals surface area contributed by atoms with Gasteiger partial charge in [0.1, 0.15) is 0 Å². The summed E-state index contributed by atoms with van der Waals surface area (Å²) in [6.45, 7) is 0.745. The molecule has 0 bridgehead atoms. The van der Waals surface area contributed by atoms with Gasteiger partial charge < -0.3 is 15.3 Å². The minimum atomic E-state index is -0.182. The van der Waals surface area contributed by atoms with Crippen LogP contribution in [0.1, 0.15) is 4.88 Å². The first kappa shape index (κ1) is 13.0. The minimum Gasteiger partial charge on any atom is -0.380 e. The fourth-order valence-electron chi connectivity index (χ4n) is 1.81. The maximum Gasteiger partial charge on any atom is 0.323 e. The van der Waals surface area contributed by atoms with E-state index >= 15 is 0 Å². The SMILES string of the molecule is O=c1[nH]c2ccc(NCc3cc(Br)c(Br)s3)cc2[nH]1. The lowest BCUT2D eigenvalue weighted by Gasteiger charge is -2.04. The third-order valence-corrected chi connectivity index (χ3v) is 5.94. The van der Waals surface area contributed by atoms with Gasteiger partial charge in [-0.1, -0.05) is 0 Å². The van der Waals surface area contributed by atoms with Crippen LogP contribution < -0.4 is 11.0 Å². The van der Waals surface area contributed by atoms with Crippen LogP contribution in [0.4, 0.5) is 5.69 Å². The molecule has 0 spiro atoms. The molecule has 0 amide bonds. The van der Waals surface area contributed by atoms with Gasteiger partial charge in [-0.25, -0.2) is 4.79 Å². The van der Waals surface area contributed by atoms with Gasteiger partial charge >= 0.3 is 5.69 Å². The van der Waals surface area contributed by atoms with Gasteiger partial charge in [-0.15, -0.1) is 11.3 Å². The molecule has 0 fully saturated rings. The number of rotatable bonds is 3. The van der Waals surface area contributed by atoms with Gasteiger partial charge in [-0.05, 0) is 56.1 Å². The topological polar surface area (TPSA) is 60.7 Å². The summed E-state index contributed by atoms with van der Waals surface area (Å²) in [5.74, 6) is 0. The maximum absolute atomic E-state index is 11.2. The van der Waals surface area contributed by atoms with E-state index in [1.54, 1.807) is 11.3 Å². The van der Waals surface area contributed by atoms with E-state index in [1.165, 1.54) is 4.88 Å². The van der Waals surface area contributed by atoms with E-state index in [-0.39, 0.29) is 5.69 Å². The number of hydrogen-bond acceptors (Lipinski definition) is 3. The Morgan fingerprint density at radius 2 is 1.95 bits per heavy atom. The Hall–Kier alpha value is -1.05. The average molecular weight is 403 g/mol. The molecule has 1 aromatic carbocycles. The zero-order valence-electron chi connectivity index (χ0n) is 9.59. The summed E-state index contributed by atoms with van der Waals surface area (Å²) in [6, 6.07) is 7.84. The summed E-state index contributed by atoms with van der Waals surface area (Å²) in [4.78, 5) is 17.9. The van der Waals surface area contributed by atoms with Crippen molar-refractivity contribution in [2.75, 3.05) is 5.32 Å². The molecular formula is C12H9Br2N3OS. The summed E-state index contributed by atoms with van der Waals surface area (Å²) in [5, 5.41) is 3.34. The molecule has 0 unspecified atom stereocenters. The van der Waals surface area contributed by atoms with Crippen molar-refractivity contribution in [2.45, 2.75) is 6.54 Å². The molecule has 7 heteroatoms. The second kappa shape index (κ2) is 5.15. The number of thiophene rings is 1. The van der Waals surface area contributed by atoms with Crippen LogP contribution in [-0.2, 0) is 6.54 Å². The van der Waals surface area contributed by atoms with E-state index in [2.05, 4.69) is 53.2 Å². The maximum atomic E-state index is 11.2. The van der Waals surface area contributed by atoms with Crippen LogP contribution >= 0.6 is 43.2 Å². The van der Waals surface area contributed by atoms with Gasteiger partial charge in [0.2, 0.25) is 0 Å². The molecule has 3 aromatic rings. The lowest BCUT2D eigenvalue weighted by atomic mass is 10.2. The third kappa shape index (κ3) is 2.77. The smallest absolute Gasteiger partial charge is 0.323 e. The molecule has 4 nitrogen and oxygen atoms in total. The lowest BCUT2D eigenvalue weighted by Crippen LogP contribution is -1.99. The molecule has 3 N–H and O–H groups in total. The Balaban J connectivity index is 1.79. The standard InChI is InChI=1S/C12H9Br2N3OS/c13-8-4-7(19-11(8)14)5-15-6-1-2-9-10(3-6)17-12(18)16-9/h1-4,15H,5H2,(H2,16,17,18). The van der Waals surface area contributed by atoms with Crippen molar-refractivity contribution < 1.29 is 0 Å². The number of imidazole rings is 1. The molecule has 0 saturated carbocycles. The zero-order chi connectivity index (χ0) is 13.4. The molecular weight excluding hydrogens is 394 g/mol. The number of anilines is 1. The quantitative estimate of drug-likeness (QED) is 0.618. The predicted molar refractivity (Wildman–Crippen MR) is 86.0 cm³/mol. The van der Waals surface area contributed by atoms with Crippen molar-refractivity contribution in [1.29, 1.82) is 0 Å². The summed E-state index contributed by atoms with van der Waals surface area (Å²) in [6.07, 6.45) is 0. The van der Waals surface area contributed by atoms with Crippen molar-refractivity contribution >= 4 is 59.9 Å². The second-order valence-electron chi connectivity index (χ2n) is 4.03. The van der Waals surface area contributed by atoms with Crippen LogP contribution in [0.25, 0.3) is 11.0 Å². The molecule has 19 heavy (non-hydrogen) atoms. The van der Waals surface area contributed by atoms with Crippen LogP contribution in [0.15, 0.2) is 37.3 Å². The van der Waals surface area contributed by atoms with E-state index in [1.807, 2.05) is 18.2 Å². The van der Waals surface area contributed by atoms with Gasteiger partial charge in [0, 0.05) is 21.6 Å². The van der Waals surface area contributed by atoms with Crippen LogP contribution in [0, 0.1) is 0 Å². The van der Waals surface area contributed by atoms with Gasteiger partial charge in [0.15, 0.2) is 0 Å².